The van der Waals surface area contributed by atoms with Crippen LogP contribution in [0.5, 0.6) is 0 Å². The van der Waals surface area contributed by atoms with Crippen LogP contribution in [-0.2, 0) is 13.1 Å². The molecule has 36 heavy (non-hydrogen) atoms. The number of nitro benzene ring substituents is 1. The summed E-state index contributed by atoms with van der Waals surface area (Å²) in [5, 5.41) is 11.3. The summed E-state index contributed by atoms with van der Waals surface area (Å²) in [6, 6.07) is 20.1. The monoisotopic (exact) mass is 631 g/mol. The first kappa shape index (κ1) is 29.0. The predicted octanol–water partition coefficient (Wildman–Crippen LogP) is -1.74. The summed E-state index contributed by atoms with van der Waals surface area (Å²) in [7, 11) is 0. The molecule has 0 aliphatic heterocycles. The van der Waals surface area contributed by atoms with Gasteiger partial charge in [-0.15, -0.1) is 0 Å². The number of halogens is 3. The third-order valence-corrected chi connectivity index (χ3v) is 5.59. The van der Waals surface area contributed by atoms with Crippen molar-refractivity contribution in [3.63, 3.8) is 0 Å². The topological polar surface area (TPSA) is 85.0 Å². The molecule has 0 N–H and O–H groups in total. The number of pyridine rings is 2. The maximum absolute atomic E-state index is 12.5. The Balaban J connectivity index is 0.00000228. The van der Waals surface area contributed by atoms with E-state index < -0.39 is 4.92 Å². The molecule has 2 aromatic heterocycles. The van der Waals surface area contributed by atoms with Gasteiger partial charge in [-0.3, -0.25) is 19.7 Å². The number of rotatable bonds is 8. The Bertz CT molecular complexity index is 1350. The SMILES string of the molecule is O=C(C[n+]1ccc(-c2cc[n+](CC(=O)c3ccc([N+](=O)[O-])cc3)cc2)cc1)c1ccc(Cl)cc1.[Br-].[Br-]. The molecule has 2 heterocycles. The lowest BCUT2D eigenvalue weighted by molar-refractivity contribution is -0.683. The molecule has 0 spiro atoms. The molecule has 4 rings (SSSR count). The van der Waals surface area contributed by atoms with Crippen molar-refractivity contribution in [3.05, 3.63) is 124 Å². The number of carbonyl (C=O) groups excluding carboxylic acids is 2. The number of benzene rings is 2. The van der Waals surface area contributed by atoms with Crippen molar-refractivity contribution >= 4 is 28.9 Å². The molecular weight excluding hydrogens is 614 g/mol. The van der Waals surface area contributed by atoms with E-state index in [2.05, 4.69) is 0 Å². The minimum Gasteiger partial charge on any atom is -1.00 e. The van der Waals surface area contributed by atoms with Crippen molar-refractivity contribution in [3.8, 4) is 11.1 Å². The van der Waals surface area contributed by atoms with Crippen LogP contribution in [0.4, 0.5) is 5.69 Å². The van der Waals surface area contributed by atoms with Crippen LogP contribution in [0, 0.1) is 10.1 Å². The van der Waals surface area contributed by atoms with Crippen molar-refractivity contribution in [2.45, 2.75) is 13.1 Å². The molecule has 0 fully saturated rings. The van der Waals surface area contributed by atoms with Crippen LogP contribution >= 0.6 is 11.6 Å². The van der Waals surface area contributed by atoms with Gasteiger partial charge in [0.25, 0.3) is 5.69 Å². The first-order chi connectivity index (χ1) is 16.4. The van der Waals surface area contributed by atoms with Crippen LogP contribution in [0.3, 0.4) is 0 Å². The standard InChI is InChI=1S/C26H20ClN3O4.2BrH/c27-23-5-1-21(2-6-23)25(31)17-28-13-9-19(10-14-28)20-11-15-29(16-12-20)18-26(32)22-3-7-24(8-4-22)30(33)34;;/h1-16H,17-18H2;2*1H/q+2;;/p-2. The first-order valence-electron chi connectivity index (χ1n) is 10.4. The smallest absolute Gasteiger partial charge is 0.269 e. The van der Waals surface area contributed by atoms with Gasteiger partial charge < -0.3 is 34.0 Å². The number of Topliss-reactive ketones (excluding diaryl/α,β-unsaturated/α-hetero) is 2. The van der Waals surface area contributed by atoms with E-state index in [0.29, 0.717) is 16.1 Å². The Morgan fingerprint density at radius 2 is 1.03 bits per heavy atom. The number of non-ortho nitro benzene ring substituents is 1. The Kier molecular flexibility index (Phi) is 10.6. The maximum Gasteiger partial charge on any atom is 0.269 e. The summed E-state index contributed by atoms with van der Waals surface area (Å²) < 4.78 is 3.56. The number of nitro groups is 1. The summed E-state index contributed by atoms with van der Waals surface area (Å²) in [6.45, 7) is 0.348. The van der Waals surface area contributed by atoms with Crippen molar-refractivity contribution in [2.24, 2.45) is 0 Å². The molecule has 10 heteroatoms. The van der Waals surface area contributed by atoms with Gasteiger partial charge in [0.05, 0.1) is 4.92 Å². The van der Waals surface area contributed by atoms with Crippen molar-refractivity contribution in [2.75, 3.05) is 0 Å². The van der Waals surface area contributed by atoms with E-state index >= 15 is 0 Å². The third kappa shape index (κ3) is 7.36. The third-order valence-electron chi connectivity index (χ3n) is 5.33. The second kappa shape index (κ2) is 13.2. The number of ketones is 2. The van der Waals surface area contributed by atoms with E-state index in [9.17, 15) is 19.7 Å². The van der Waals surface area contributed by atoms with E-state index in [1.165, 1.54) is 24.3 Å². The lowest BCUT2D eigenvalue weighted by Gasteiger charge is -2.02. The minimum absolute atomic E-state index is 0. The molecule has 4 aromatic rings. The highest BCUT2D eigenvalue weighted by atomic mass is 79.9. The summed E-state index contributed by atoms with van der Waals surface area (Å²) in [5.41, 5.74) is 2.92. The normalized spacial score (nSPS) is 10.0. The zero-order chi connectivity index (χ0) is 24.1. The zero-order valence-electron chi connectivity index (χ0n) is 18.8. The molecule has 0 atom stereocenters. The van der Waals surface area contributed by atoms with Gasteiger partial charge in [-0.1, -0.05) is 11.6 Å². The number of nitrogens with zero attached hydrogens (tertiary/aromatic N) is 3. The van der Waals surface area contributed by atoms with Gasteiger partial charge in [0, 0.05) is 52.5 Å². The van der Waals surface area contributed by atoms with Crippen molar-refractivity contribution in [1.29, 1.82) is 0 Å². The summed E-state index contributed by atoms with van der Waals surface area (Å²) in [5.74, 6) is -0.147. The fraction of sp³-hybridized carbons (Fsp3) is 0.0769. The number of aromatic nitrogens is 2. The maximum atomic E-state index is 12.5. The predicted molar refractivity (Wildman–Crippen MR) is 125 cm³/mol. The first-order valence-corrected chi connectivity index (χ1v) is 10.8. The van der Waals surface area contributed by atoms with Crippen LogP contribution < -0.4 is 43.1 Å². The van der Waals surface area contributed by atoms with Gasteiger partial charge in [-0.25, -0.2) is 0 Å². The summed E-state index contributed by atoms with van der Waals surface area (Å²) >= 11 is 5.87. The van der Waals surface area contributed by atoms with Crippen LogP contribution in [0.15, 0.2) is 97.6 Å². The van der Waals surface area contributed by atoms with Crippen LogP contribution in [0.2, 0.25) is 5.02 Å². The fourth-order valence-electron chi connectivity index (χ4n) is 3.43. The van der Waals surface area contributed by atoms with E-state index in [4.69, 9.17) is 11.6 Å². The minimum atomic E-state index is -0.496. The Morgan fingerprint density at radius 1 is 0.667 bits per heavy atom. The number of hydrogen-bond donors (Lipinski definition) is 0. The largest absolute Gasteiger partial charge is 1.00 e. The summed E-state index contributed by atoms with van der Waals surface area (Å²) in [4.78, 5) is 35.2. The molecule has 0 amide bonds. The number of hydrogen-bond acceptors (Lipinski definition) is 4. The molecule has 2 aromatic carbocycles. The second-order valence-corrected chi connectivity index (χ2v) is 8.11. The molecule has 0 saturated carbocycles. The fourth-order valence-corrected chi connectivity index (χ4v) is 3.56. The Labute approximate surface area is 233 Å². The zero-order valence-corrected chi connectivity index (χ0v) is 22.7. The average molecular weight is 634 g/mol. The van der Waals surface area contributed by atoms with E-state index in [1.807, 2.05) is 53.6 Å². The Morgan fingerprint density at radius 3 is 1.39 bits per heavy atom. The quantitative estimate of drug-likeness (QED) is 0.1000. The Hall–Kier alpha value is -3.27. The van der Waals surface area contributed by atoms with Gasteiger partial charge in [0.2, 0.25) is 24.7 Å². The van der Waals surface area contributed by atoms with Crippen LogP contribution in [-0.4, -0.2) is 16.5 Å². The highest BCUT2D eigenvalue weighted by molar-refractivity contribution is 6.30. The van der Waals surface area contributed by atoms with Gasteiger partial charge in [0.15, 0.2) is 24.8 Å². The summed E-state index contributed by atoms with van der Waals surface area (Å²) in [6.07, 6.45) is 7.32. The molecule has 0 bridgehead atoms. The van der Waals surface area contributed by atoms with Gasteiger partial charge in [0.1, 0.15) is 0 Å². The lowest BCUT2D eigenvalue weighted by Crippen LogP contribution is -3.00. The van der Waals surface area contributed by atoms with Crippen molar-refractivity contribution < 1.29 is 57.6 Å². The highest BCUT2D eigenvalue weighted by Crippen LogP contribution is 2.16. The molecule has 0 saturated heterocycles. The van der Waals surface area contributed by atoms with E-state index in [-0.39, 0.29) is 64.3 Å². The lowest BCUT2D eigenvalue weighted by atomic mass is 10.1. The molecular formula is C26H20Br2ClN3O4. The van der Waals surface area contributed by atoms with Gasteiger partial charge in [-0.2, -0.15) is 9.13 Å². The van der Waals surface area contributed by atoms with Crippen LogP contribution in [0.25, 0.3) is 11.1 Å². The van der Waals surface area contributed by atoms with Gasteiger partial charge in [-0.05, 0) is 47.5 Å². The van der Waals surface area contributed by atoms with E-state index in [0.717, 1.165) is 11.1 Å². The molecule has 184 valence electrons. The molecule has 7 nitrogen and oxygen atoms in total. The van der Waals surface area contributed by atoms with Crippen LogP contribution in [0.1, 0.15) is 20.7 Å². The second-order valence-electron chi connectivity index (χ2n) is 7.68. The highest BCUT2D eigenvalue weighted by Gasteiger charge is 2.15. The molecule has 0 unspecified atom stereocenters. The molecule has 0 aliphatic rings. The number of carbonyl (C=O) groups is 2. The van der Waals surface area contributed by atoms with E-state index in [1.54, 1.807) is 28.8 Å². The molecule has 0 radical (unpaired) electrons. The van der Waals surface area contributed by atoms with Crippen molar-refractivity contribution in [1.82, 2.24) is 0 Å². The molecule has 0 aliphatic carbocycles. The van der Waals surface area contributed by atoms with Gasteiger partial charge >= 0.3 is 0 Å². The average Bonchev–Trinajstić information content (AvgIpc) is 2.85.